The molecule has 0 bridgehead atoms. The van der Waals surface area contributed by atoms with Crippen molar-refractivity contribution in [2.24, 2.45) is 0 Å². The molecule has 1 fully saturated rings. The molecule has 1 unspecified atom stereocenters. The Balaban J connectivity index is 1.50. The Hall–Kier alpha value is -2.40. The number of carbonyl (C=O) groups excluding carboxylic acids is 1. The van der Waals surface area contributed by atoms with Crippen molar-refractivity contribution in [2.75, 3.05) is 18.4 Å². The van der Waals surface area contributed by atoms with Gasteiger partial charge in [-0.1, -0.05) is 18.2 Å². The summed E-state index contributed by atoms with van der Waals surface area (Å²) in [7, 11) is 0. The molecule has 1 amide bonds. The quantitative estimate of drug-likeness (QED) is 0.806. The molecule has 0 radical (unpaired) electrons. The number of nitrogens with zero attached hydrogens (tertiary/aromatic N) is 1. The molecule has 0 aliphatic carbocycles. The van der Waals surface area contributed by atoms with E-state index in [1.807, 2.05) is 6.20 Å². The van der Waals surface area contributed by atoms with Crippen LogP contribution in [0, 0.1) is 0 Å². The van der Waals surface area contributed by atoms with Gasteiger partial charge in [-0.3, -0.25) is 4.79 Å². The number of nitrogens with one attached hydrogen (secondary N) is 3. The van der Waals surface area contributed by atoms with Crippen molar-refractivity contribution in [3.05, 3.63) is 47.7 Å². The van der Waals surface area contributed by atoms with Crippen molar-refractivity contribution in [3.8, 4) is 11.1 Å². The minimum absolute atomic E-state index is 0.0253. The van der Waals surface area contributed by atoms with Gasteiger partial charge < -0.3 is 16.0 Å². The number of amides is 1. The van der Waals surface area contributed by atoms with Gasteiger partial charge in [-0.25, -0.2) is 4.98 Å². The fourth-order valence-electron chi connectivity index (χ4n) is 3.54. The topological polar surface area (TPSA) is 66.0 Å². The minimum Gasteiger partial charge on any atom is -0.369 e. The van der Waals surface area contributed by atoms with Crippen LogP contribution < -0.4 is 16.0 Å². The fourth-order valence-corrected chi connectivity index (χ4v) is 3.54. The third kappa shape index (κ3) is 2.99. The summed E-state index contributed by atoms with van der Waals surface area (Å²) in [5.41, 5.74) is 4.82. The summed E-state index contributed by atoms with van der Waals surface area (Å²) < 4.78 is 0. The maximum atomic E-state index is 12.1. The summed E-state index contributed by atoms with van der Waals surface area (Å²) in [6.45, 7) is 2.45. The maximum Gasteiger partial charge on any atom is 0.237 e. The van der Waals surface area contributed by atoms with Crippen molar-refractivity contribution in [3.63, 3.8) is 0 Å². The van der Waals surface area contributed by atoms with E-state index in [9.17, 15) is 4.79 Å². The van der Waals surface area contributed by atoms with Gasteiger partial charge in [0.2, 0.25) is 5.91 Å². The van der Waals surface area contributed by atoms with E-state index in [-0.39, 0.29) is 11.9 Å². The highest BCUT2D eigenvalue weighted by atomic mass is 16.2. The third-order valence-corrected chi connectivity index (χ3v) is 4.80. The molecular formula is C19H22N4O. The first-order valence-corrected chi connectivity index (χ1v) is 8.63. The smallest absolute Gasteiger partial charge is 0.237 e. The molecule has 5 heteroatoms. The number of anilines is 1. The molecule has 0 saturated carbocycles. The van der Waals surface area contributed by atoms with Gasteiger partial charge >= 0.3 is 0 Å². The zero-order valence-electron chi connectivity index (χ0n) is 13.6. The number of carbonyl (C=O) groups is 1. The number of pyridine rings is 1. The molecule has 1 aromatic carbocycles. The van der Waals surface area contributed by atoms with Crippen LogP contribution in [0.3, 0.4) is 0 Å². The molecular weight excluding hydrogens is 300 g/mol. The number of benzene rings is 1. The van der Waals surface area contributed by atoms with Gasteiger partial charge in [-0.05, 0) is 54.6 Å². The normalized spacial score (nSPS) is 18.9. The zero-order valence-corrected chi connectivity index (χ0v) is 13.6. The van der Waals surface area contributed by atoms with Crippen LogP contribution in [-0.2, 0) is 17.8 Å². The second-order valence-electron chi connectivity index (χ2n) is 6.43. The monoisotopic (exact) mass is 322 g/mol. The SMILES string of the molecule is O=C(NCc1cccc(-c2ccnc3c2CCN3)c1)C1CCCN1. The number of aromatic nitrogens is 1. The Morgan fingerprint density at radius 1 is 1.29 bits per heavy atom. The van der Waals surface area contributed by atoms with E-state index in [2.05, 4.69) is 51.3 Å². The molecule has 3 N–H and O–H groups in total. The van der Waals surface area contributed by atoms with Crippen LogP contribution in [0.2, 0.25) is 0 Å². The number of hydrogen-bond donors (Lipinski definition) is 3. The standard InChI is InChI=1S/C19H22N4O/c24-19(17-5-2-8-20-17)23-12-13-3-1-4-14(11-13)15-6-9-21-18-16(15)7-10-22-18/h1,3-4,6,9,11,17,20H,2,5,7-8,10,12H2,(H,21,22)(H,23,24). The van der Waals surface area contributed by atoms with Crippen molar-refractivity contribution >= 4 is 11.7 Å². The Morgan fingerprint density at radius 3 is 3.12 bits per heavy atom. The minimum atomic E-state index is -0.0253. The van der Waals surface area contributed by atoms with Crippen LogP contribution in [0.1, 0.15) is 24.0 Å². The molecule has 1 atom stereocenters. The molecule has 2 aliphatic heterocycles. The van der Waals surface area contributed by atoms with E-state index >= 15 is 0 Å². The van der Waals surface area contributed by atoms with Crippen molar-refractivity contribution in [2.45, 2.75) is 31.8 Å². The van der Waals surface area contributed by atoms with Crippen molar-refractivity contribution in [1.82, 2.24) is 15.6 Å². The molecule has 124 valence electrons. The Kier molecular flexibility index (Phi) is 4.17. The molecule has 4 rings (SSSR count). The van der Waals surface area contributed by atoms with E-state index in [1.165, 1.54) is 16.7 Å². The zero-order chi connectivity index (χ0) is 16.4. The number of rotatable bonds is 4. The molecule has 2 aliphatic rings. The molecule has 24 heavy (non-hydrogen) atoms. The summed E-state index contributed by atoms with van der Waals surface area (Å²) in [4.78, 5) is 16.5. The Morgan fingerprint density at radius 2 is 2.25 bits per heavy atom. The number of fused-ring (bicyclic) bond motifs is 1. The highest BCUT2D eigenvalue weighted by Crippen LogP contribution is 2.31. The van der Waals surface area contributed by atoms with Crippen molar-refractivity contribution in [1.29, 1.82) is 0 Å². The molecule has 1 aromatic heterocycles. The molecule has 2 aromatic rings. The summed E-state index contributed by atoms with van der Waals surface area (Å²) in [5.74, 6) is 1.10. The lowest BCUT2D eigenvalue weighted by molar-refractivity contribution is -0.122. The summed E-state index contributed by atoms with van der Waals surface area (Å²) in [6, 6.07) is 10.5. The van der Waals surface area contributed by atoms with Crippen LogP contribution in [0.5, 0.6) is 0 Å². The summed E-state index contributed by atoms with van der Waals surface area (Å²) in [6.07, 6.45) is 4.87. The summed E-state index contributed by atoms with van der Waals surface area (Å²) in [5, 5.41) is 9.60. The molecule has 0 spiro atoms. The molecule has 5 nitrogen and oxygen atoms in total. The largest absolute Gasteiger partial charge is 0.369 e. The lowest BCUT2D eigenvalue weighted by Crippen LogP contribution is -2.39. The fraction of sp³-hybridized carbons (Fsp3) is 0.368. The number of hydrogen-bond acceptors (Lipinski definition) is 4. The first-order valence-electron chi connectivity index (χ1n) is 8.63. The highest BCUT2D eigenvalue weighted by Gasteiger charge is 2.21. The lowest BCUT2D eigenvalue weighted by Gasteiger charge is -2.12. The average Bonchev–Trinajstić information content (AvgIpc) is 3.30. The Labute approximate surface area is 141 Å². The van der Waals surface area contributed by atoms with Crippen LogP contribution in [0.15, 0.2) is 36.5 Å². The molecule has 3 heterocycles. The van der Waals surface area contributed by atoms with Gasteiger partial charge in [0.15, 0.2) is 0 Å². The average molecular weight is 322 g/mol. The maximum absolute atomic E-state index is 12.1. The van der Waals surface area contributed by atoms with Gasteiger partial charge in [-0.2, -0.15) is 0 Å². The lowest BCUT2D eigenvalue weighted by atomic mass is 9.98. The van der Waals surface area contributed by atoms with Gasteiger partial charge in [0, 0.05) is 24.8 Å². The van der Waals surface area contributed by atoms with Crippen molar-refractivity contribution < 1.29 is 4.79 Å². The summed E-state index contributed by atoms with van der Waals surface area (Å²) >= 11 is 0. The van der Waals surface area contributed by atoms with Gasteiger partial charge in [0.1, 0.15) is 5.82 Å². The van der Waals surface area contributed by atoms with E-state index in [1.54, 1.807) is 0 Å². The van der Waals surface area contributed by atoms with Crippen LogP contribution in [-0.4, -0.2) is 30.0 Å². The van der Waals surface area contributed by atoms with Crippen LogP contribution in [0.25, 0.3) is 11.1 Å². The molecule has 1 saturated heterocycles. The van der Waals surface area contributed by atoms with Crippen LogP contribution >= 0.6 is 0 Å². The van der Waals surface area contributed by atoms with Gasteiger partial charge in [0.05, 0.1) is 6.04 Å². The first-order chi connectivity index (χ1) is 11.8. The van der Waals surface area contributed by atoms with E-state index < -0.39 is 0 Å². The van der Waals surface area contributed by atoms with E-state index in [0.29, 0.717) is 6.54 Å². The van der Waals surface area contributed by atoms with Gasteiger partial charge in [0.25, 0.3) is 0 Å². The second-order valence-corrected chi connectivity index (χ2v) is 6.43. The first kappa shape index (κ1) is 15.1. The van der Waals surface area contributed by atoms with Gasteiger partial charge in [-0.15, -0.1) is 0 Å². The predicted molar refractivity (Wildman–Crippen MR) is 94.7 cm³/mol. The van der Waals surface area contributed by atoms with E-state index in [4.69, 9.17) is 0 Å². The Bertz CT molecular complexity index is 753. The van der Waals surface area contributed by atoms with E-state index in [0.717, 1.165) is 43.7 Å². The third-order valence-electron chi connectivity index (χ3n) is 4.80. The second kappa shape index (κ2) is 6.61. The highest BCUT2D eigenvalue weighted by molar-refractivity contribution is 5.82. The van der Waals surface area contributed by atoms with Crippen LogP contribution in [0.4, 0.5) is 5.82 Å². The predicted octanol–water partition coefficient (Wildman–Crippen LogP) is 2.08.